The summed E-state index contributed by atoms with van der Waals surface area (Å²) in [6.07, 6.45) is 26.2. The van der Waals surface area contributed by atoms with E-state index in [1.54, 1.807) is 0 Å². The molecular formula is C43H53N5O. The third-order valence-electron chi connectivity index (χ3n) is 8.92. The predicted molar refractivity (Wildman–Crippen MR) is 209 cm³/mol. The van der Waals surface area contributed by atoms with Gasteiger partial charge in [0.15, 0.2) is 0 Å². The fourth-order valence-corrected chi connectivity index (χ4v) is 6.21. The van der Waals surface area contributed by atoms with Gasteiger partial charge in [-0.05, 0) is 120 Å². The lowest BCUT2D eigenvalue weighted by Gasteiger charge is -2.22. The first-order valence-corrected chi connectivity index (χ1v) is 17.4. The summed E-state index contributed by atoms with van der Waals surface area (Å²) in [4.78, 5) is 7.55. The van der Waals surface area contributed by atoms with Gasteiger partial charge in [0.05, 0.1) is 40.7 Å². The van der Waals surface area contributed by atoms with E-state index in [2.05, 4.69) is 105 Å². The molecule has 4 bridgehead atoms. The standard InChI is InChI=1S/C43H53N5O/c1-10-13-14-23-47(22-12-3)29-36(16-11-2)20-19-32(6)43-38-26-30(4)25-37-27-41(38)48(46-43)33(7)21-24-49-35(9)39(28-44)42-31(5)17-15-18-40(45-42)34(37)8/h10-11,15-16,18-20,25-28,33,44H,1,4,8,12-14,21-24,29H2,2-3,5-7,9H3/b16-11+,32-19+,36-20+,39-35-,44-28?/t33-/m0/s1. The van der Waals surface area contributed by atoms with Crippen LogP contribution in [0.3, 0.4) is 0 Å². The Labute approximate surface area is 293 Å². The van der Waals surface area contributed by atoms with Crippen molar-refractivity contribution in [2.45, 2.75) is 73.3 Å². The second-order valence-electron chi connectivity index (χ2n) is 12.9. The van der Waals surface area contributed by atoms with E-state index < -0.39 is 0 Å². The van der Waals surface area contributed by atoms with Crippen molar-refractivity contribution in [1.82, 2.24) is 14.7 Å². The van der Waals surface area contributed by atoms with Crippen LogP contribution in [0.4, 0.5) is 0 Å². The number of fused-ring (bicyclic) bond motifs is 2. The van der Waals surface area contributed by atoms with Crippen molar-refractivity contribution in [1.29, 1.82) is 5.41 Å². The Bertz CT molecular complexity index is 1910. The Kier molecular flexibility index (Phi) is 13.3. The minimum Gasteiger partial charge on any atom is -0.497 e. The highest BCUT2D eigenvalue weighted by molar-refractivity contribution is 6.24. The molecule has 2 aliphatic heterocycles. The average molecular weight is 656 g/mol. The Morgan fingerprint density at radius 1 is 1.18 bits per heavy atom. The van der Waals surface area contributed by atoms with Crippen LogP contribution in [-0.4, -0.2) is 52.8 Å². The Balaban J connectivity index is 1.84. The maximum atomic E-state index is 8.22. The first-order valence-electron chi connectivity index (χ1n) is 17.4. The maximum absolute atomic E-state index is 8.22. The topological polar surface area (TPSA) is 66.5 Å². The zero-order valence-corrected chi connectivity index (χ0v) is 30.4. The van der Waals surface area contributed by atoms with E-state index >= 15 is 0 Å². The molecule has 0 fully saturated rings. The largest absolute Gasteiger partial charge is 0.497 e. The smallest absolute Gasteiger partial charge is 0.104 e. The number of unbranched alkanes of at least 4 members (excludes halogenated alkanes) is 1. The molecule has 3 heterocycles. The molecule has 256 valence electrons. The zero-order valence-electron chi connectivity index (χ0n) is 30.4. The molecule has 49 heavy (non-hydrogen) atoms. The molecule has 1 aromatic heterocycles. The summed E-state index contributed by atoms with van der Waals surface area (Å²) < 4.78 is 8.36. The summed E-state index contributed by atoms with van der Waals surface area (Å²) in [5.41, 5.74) is 11.9. The molecular weight excluding hydrogens is 603 g/mol. The van der Waals surface area contributed by atoms with Gasteiger partial charge in [0, 0.05) is 35.5 Å². The number of hydrogen-bond donors (Lipinski definition) is 1. The summed E-state index contributed by atoms with van der Waals surface area (Å²) in [6, 6.07) is 0.0365. The third-order valence-corrected chi connectivity index (χ3v) is 8.92. The molecule has 0 aromatic carbocycles. The molecule has 0 saturated heterocycles. The van der Waals surface area contributed by atoms with Crippen LogP contribution in [0.25, 0.3) is 17.7 Å². The average Bonchev–Trinajstić information content (AvgIpc) is 3.18. The van der Waals surface area contributed by atoms with Crippen molar-refractivity contribution in [2.24, 2.45) is 4.99 Å². The molecule has 1 atom stereocenters. The maximum Gasteiger partial charge on any atom is 0.104 e. The number of aromatic nitrogens is 2. The van der Waals surface area contributed by atoms with E-state index in [9.17, 15) is 0 Å². The van der Waals surface area contributed by atoms with Crippen LogP contribution in [0.1, 0.15) is 79.0 Å². The van der Waals surface area contributed by atoms with Crippen LogP contribution in [0.5, 0.6) is 0 Å². The van der Waals surface area contributed by atoms with E-state index in [0.717, 1.165) is 89.4 Å². The molecule has 1 N–H and O–H groups in total. The molecule has 6 heteroatoms. The second-order valence-corrected chi connectivity index (χ2v) is 12.9. The van der Waals surface area contributed by atoms with E-state index in [-0.39, 0.29) is 6.04 Å². The van der Waals surface area contributed by atoms with Gasteiger partial charge in [-0.15, -0.1) is 12.3 Å². The van der Waals surface area contributed by atoms with Crippen LogP contribution < -0.4 is 10.6 Å². The number of nitrogens with zero attached hydrogens (tertiary/aromatic N) is 4. The predicted octanol–water partition coefficient (Wildman–Crippen LogP) is 8.43. The van der Waals surface area contributed by atoms with Crippen molar-refractivity contribution in [2.75, 3.05) is 26.2 Å². The van der Waals surface area contributed by atoms with Crippen molar-refractivity contribution in [3.8, 4) is 0 Å². The first kappa shape index (κ1) is 37.1. The number of allylic oxidation sites excluding steroid dienone is 12. The molecule has 0 unspecified atom stereocenters. The monoisotopic (exact) mass is 655 g/mol. The van der Waals surface area contributed by atoms with Gasteiger partial charge in [0.25, 0.3) is 0 Å². The quantitative estimate of drug-likeness (QED) is 0.0809. The Hall–Kier alpha value is -4.77. The van der Waals surface area contributed by atoms with Crippen molar-refractivity contribution in [3.63, 3.8) is 0 Å². The Morgan fingerprint density at radius 2 is 1.98 bits per heavy atom. The lowest BCUT2D eigenvalue weighted by Crippen LogP contribution is -2.32. The van der Waals surface area contributed by atoms with Gasteiger partial charge in [-0.1, -0.05) is 50.5 Å². The zero-order chi connectivity index (χ0) is 35.5. The molecule has 0 amide bonds. The normalized spacial score (nSPS) is 20.3. The van der Waals surface area contributed by atoms with E-state index in [1.807, 2.05) is 32.1 Å². The van der Waals surface area contributed by atoms with Crippen LogP contribution in [0, 0.1) is 5.41 Å². The number of hydrogen-bond acceptors (Lipinski definition) is 5. The van der Waals surface area contributed by atoms with Gasteiger partial charge in [-0.3, -0.25) is 9.58 Å². The van der Waals surface area contributed by atoms with Gasteiger partial charge < -0.3 is 10.1 Å². The van der Waals surface area contributed by atoms with Gasteiger partial charge in [-0.2, -0.15) is 5.10 Å². The van der Waals surface area contributed by atoms with Gasteiger partial charge in [0.2, 0.25) is 0 Å². The fraction of sp³-hybridized carbons (Fsp3) is 0.349. The van der Waals surface area contributed by atoms with E-state index in [1.165, 1.54) is 11.8 Å². The number of ether oxygens (including phenoxy) is 1. The summed E-state index contributed by atoms with van der Waals surface area (Å²) in [6.45, 7) is 28.8. The SMILES string of the molecule is C=CCCCN(CCC)CC(/C=C/C)=C/C=C(\C)c1nn2c3c1=CC(=C)C=C(C=3)C(=C)C1=CC=C=C(C)C(=N1)/C(C=N)=C(/C)OCC[C@@H]2C. The molecule has 0 radical (unpaired) electrons. The lowest BCUT2D eigenvalue weighted by molar-refractivity contribution is 0.191. The molecule has 1 aliphatic carbocycles. The van der Waals surface area contributed by atoms with Gasteiger partial charge in [0.1, 0.15) is 5.76 Å². The second kappa shape index (κ2) is 17.6. The fourth-order valence-electron chi connectivity index (χ4n) is 6.21. The van der Waals surface area contributed by atoms with Crippen LogP contribution in [-0.2, 0) is 4.74 Å². The van der Waals surface area contributed by atoms with Gasteiger partial charge in [-0.25, -0.2) is 4.99 Å². The number of nitrogens with one attached hydrogen (secondary N) is 1. The first-order chi connectivity index (χ1) is 23.6. The van der Waals surface area contributed by atoms with Gasteiger partial charge >= 0.3 is 0 Å². The number of rotatable bonds is 12. The lowest BCUT2D eigenvalue weighted by atomic mass is 10.0. The summed E-state index contributed by atoms with van der Waals surface area (Å²) in [5.74, 6) is 0.655. The van der Waals surface area contributed by atoms with Crippen molar-refractivity contribution < 1.29 is 4.74 Å². The highest BCUT2D eigenvalue weighted by atomic mass is 16.5. The van der Waals surface area contributed by atoms with Crippen LogP contribution in [0.15, 0.2) is 124 Å². The third kappa shape index (κ3) is 9.23. The minimum atomic E-state index is 0.0365. The molecule has 0 spiro atoms. The van der Waals surface area contributed by atoms with Crippen LogP contribution >= 0.6 is 0 Å². The van der Waals surface area contributed by atoms with Crippen molar-refractivity contribution >= 4 is 29.7 Å². The van der Waals surface area contributed by atoms with E-state index in [4.69, 9.17) is 20.2 Å². The highest BCUT2D eigenvalue weighted by Gasteiger charge is 2.21. The molecule has 6 nitrogen and oxygen atoms in total. The van der Waals surface area contributed by atoms with Crippen molar-refractivity contribution in [3.05, 3.63) is 135 Å². The van der Waals surface area contributed by atoms with Crippen LogP contribution in [0.2, 0.25) is 0 Å². The Morgan fingerprint density at radius 3 is 2.69 bits per heavy atom. The minimum absolute atomic E-state index is 0.0365. The molecule has 4 rings (SSSR count). The summed E-state index contributed by atoms with van der Waals surface area (Å²) in [5, 5.41) is 15.5. The molecule has 0 saturated carbocycles. The number of aliphatic imine (C=N–C) groups is 1. The molecule has 1 aromatic rings. The van der Waals surface area contributed by atoms with E-state index in [0.29, 0.717) is 29.3 Å². The highest BCUT2D eigenvalue weighted by Crippen LogP contribution is 2.27. The molecule has 3 aliphatic rings. The summed E-state index contributed by atoms with van der Waals surface area (Å²) in [7, 11) is 0. The summed E-state index contributed by atoms with van der Waals surface area (Å²) >= 11 is 0.